The summed E-state index contributed by atoms with van der Waals surface area (Å²) in [6.07, 6.45) is 2.83. The summed E-state index contributed by atoms with van der Waals surface area (Å²) < 4.78 is 29.1. The molecule has 1 fully saturated rings. The van der Waals surface area contributed by atoms with Crippen molar-refractivity contribution in [3.63, 3.8) is 0 Å². The van der Waals surface area contributed by atoms with Crippen molar-refractivity contribution in [2.75, 3.05) is 39.4 Å². The molecule has 0 aromatic heterocycles. The van der Waals surface area contributed by atoms with Crippen molar-refractivity contribution in [3.8, 4) is 5.75 Å². The van der Waals surface area contributed by atoms with Crippen LogP contribution in [0.15, 0.2) is 18.2 Å². The normalized spacial score (nSPS) is 15.6. The summed E-state index contributed by atoms with van der Waals surface area (Å²) in [6, 6.07) is 3.93. The average molecular weight is 326 g/mol. The van der Waals surface area contributed by atoms with Crippen LogP contribution in [0.4, 0.5) is 14.9 Å². The van der Waals surface area contributed by atoms with Crippen molar-refractivity contribution in [1.29, 1.82) is 0 Å². The highest BCUT2D eigenvalue weighted by molar-refractivity contribution is 5.90. The maximum absolute atomic E-state index is 13.9. The van der Waals surface area contributed by atoms with Crippen LogP contribution in [0.2, 0.25) is 0 Å². The van der Waals surface area contributed by atoms with Gasteiger partial charge in [0.05, 0.1) is 18.8 Å². The Morgan fingerprint density at radius 1 is 1.26 bits per heavy atom. The second kappa shape index (κ2) is 8.12. The predicted molar refractivity (Wildman–Crippen MR) is 84.4 cm³/mol. The van der Waals surface area contributed by atoms with Gasteiger partial charge in [-0.1, -0.05) is 0 Å². The summed E-state index contributed by atoms with van der Waals surface area (Å²) in [7, 11) is 3.15. The molecule has 1 aliphatic carbocycles. The molecule has 0 aliphatic heterocycles. The van der Waals surface area contributed by atoms with Gasteiger partial charge in [0, 0.05) is 26.0 Å². The van der Waals surface area contributed by atoms with Crippen molar-refractivity contribution in [2.24, 2.45) is 0 Å². The lowest BCUT2D eigenvalue weighted by molar-refractivity contribution is 0.0648. The summed E-state index contributed by atoms with van der Waals surface area (Å²) in [6.45, 7) is 1.12. The number of amides is 2. The Kier molecular flexibility index (Phi) is 6.18. The predicted octanol–water partition coefficient (Wildman–Crippen LogP) is 2.54. The highest BCUT2D eigenvalue weighted by Crippen LogP contribution is 2.32. The molecule has 1 saturated carbocycles. The Balaban J connectivity index is 1.89. The van der Waals surface area contributed by atoms with Gasteiger partial charge in [0.25, 0.3) is 0 Å². The standard InChI is InChI=1S/C16H23FN2O4/c1-21-8-9-23-14-5-4-12(10-13(14)17)18-15(20)19-16(11-22-2)6-3-7-16/h4-5,10H,3,6-9,11H2,1-2H3,(H2,18,19,20). The average Bonchev–Trinajstić information content (AvgIpc) is 2.47. The number of ether oxygens (including phenoxy) is 3. The SMILES string of the molecule is COCCOc1ccc(NC(=O)NC2(COC)CCC2)cc1F. The molecule has 2 rings (SSSR count). The van der Waals surface area contributed by atoms with Crippen LogP contribution in [0.25, 0.3) is 0 Å². The molecule has 7 heteroatoms. The zero-order chi connectivity index (χ0) is 16.7. The van der Waals surface area contributed by atoms with E-state index in [0.29, 0.717) is 18.9 Å². The molecule has 0 atom stereocenters. The Bertz CT molecular complexity index is 535. The lowest BCUT2D eigenvalue weighted by Crippen LogP contribution is -2.57. The minimum absolute atomic E-state index is 0.128. The summed E-state index contributed by atoms with van der Waals surface area (Å²) in [4.78, 5) is 12.1. The first-order valence-corrected chi connectivity index (χ1v) is 7.58. The first kappa shape index (κ1) is 17.5. The minimum atomic E-state index is -0.533. The second-order valence-electron chi connectivity index (χ2n) is 5.63. The molecule has 0 spiro atoms. The van der Waals surface area contributed by atoms with Gasteiger partial charge in [0.2, 0.25) is 0 Å². The van der Waals surface area contributed by atoms with Crippen LogP contribution in [0, 0.1) is 5.82 Å². The summed E-state index contributed by atoms with van der Waals surface area (Å²) >= 11 is 0. The van der Waals surface area contributed by atoms with E-state index < -0.39 is 5.82 Å². The third kappa shape index (κ3) is 4.80. The summed E-state index contributed by atoms with van der Waals surface area (Å²) in [5.41, 5.74) is 0.0617. The molecule has 0 saturated heterocycles. The summed E-state index contributed by atoms with van der Waals surface area (Å²) in [5, 5.41) is 5.54. The topological polar surface area (TPSA) is 68.8 Å². The smallest absolute Gasteiger partial charge is 0.319 e. The monoisotopic (exact) mass is 326 g/mol. The van der Waals surface area contributed by atoms with Crippen molar-refractivity contribution in [1.82, 2.24) is 5.32 Å². The molecule has 0 bridgehead atoms. The van der Waals surface area contributed by atoms with E-state index in [4.69, 9.17) is 14.2 Å². The fourth-order valence-electron chi connectivity index (χ4n) is 2.52. The lowest BCUT2D eigenvalue weighted by atomic mass is 9.77. The fourth-order valence-corrected chi connectivity index (χ4v) is 2.52. The number of hydrogen-bond acceptors (Lipinski definition) is 4. The quantitative estimate of drug-likeness (QED) is 0.720. The van der Waals surface area contributed by atoms with Gasteiger partial charge in [-0.3, -0.25) is 0 Å². The van der Waals surface area contributed by atoms with E-state index in [1.54, 1.807) is 20.3 Å². The van der Waals surface area contributed by atoms with Crippen LogP contribution in [0.3, 0.4) is 0 Å². The number of halogens is 1. The molecule has 0 radical (unpaired) electrons. The largest absolute Gasteiger partial charge is 0.488 e. The second-order valence-corrected chi connectivity index (χ2v) is 5.63. The molecule has 0 heterocycles. The number of urea groups is 1. The first-order chi connectivity index (χ1) is 11.1. The molecular weight excluding hydrogens is 303 g/mol. The number of nitrogens with one attached hydrogen (secondary N) is 2. The number of rotatable bonds is 8. The van der Waals surface area contributed by atoms with E-state index in [1.165, 1.54) is 12.1 Å². The van der Waals surface area contributed by atoms with Gasteiger partial charge >= 0.3 is 6.03 Å². The van der Waals surface area contributed by atoms with Crippen molar-refractivity contribution in [2.45, 2.75) is 24.8 Å². The maximum atomic E-state index is 13.9. The number of carbonyl (C=O) groups excluding carboxylic acids is 1. The third-order valence-electron chi connectivity index (χ3n) is 3.84. The fraction of sp³-hybridized carbons (Fsp3) is 0.562. The van der Waals surface area contributed by atoms with Gasteiger partial charge in [-0.15, -0.1) is 0 Å². The van der Waals surface area contributed by atoms with Crippen LogP contribution in [-0.4, -0.2) is 45.6 Å². The zero-order valence-corrected chi connectivity index (χ0v) is 13.5. The van der Waals surface area contributed by atoms with Crippen LogP contribution < -0.4 is 15.4 Å². The lowest BCUT2D eigenvalue weighted by Gasteiger charge is -2.41. The van der Waals surface area contributed by atoms with E-state index in [1.807, 2.05) is 0 Å². The maximum Gasteiger partial charge on any atom is 0.319 e. The van der Waals surface area contributed by atoms with E-state index in [-0.39, 0.29) is 23.9 Å². The molecule has 128 valence electrons. The molecule has 6 nitrogen and oxygen atoms in total. The van der Waals surface area contributed by atoms with Gasteiger partial charge in [-0.05, 0) is 31.4 Å². The van der Waals surface area contributed by atoms with E-state index in [2.05, 4.69) is 10.6 Å². The highest BCUT2D eigenvalue weighted by atomic mass is 19.1. The molecule has 1 aromatic rings. The van der Waals surface area contributed by atoms with Crippen LogP contribution >= 0.6 is 0 Å². The third-order valence-corrected chi connectivity index (χ3v) is 3.84. The van der Waals surface area contributed by atoms with Crippen molar-refractivity contribution in [3.05, 3.63) is 24.0 Å². The Morgan fingerprint density at radius 2 is 2.04 bits per heavy atom. The summed E-state index contributed by atoms with van der Waals surface area (Å²) in [5.74, 6) is -0.406. The van der Waals surface area contributed by atoms with E-state index in [9.17, 15) is 9.18 Å². The Hall–Kier alpha value is -1.86. The molecular formula is C16H23FN2O4. The number of benzene rings is 1. The Labute approximate surface area is 135 Å². The van der Waals surface area contributed by atoms with Gasteiger partial charge in [-0.2, -0.15) is 0 Å². The number of carbonyl (C=O) groups is 1. The first-order valence-electron chi connectivity index (χ1n) is 7.58. The van der Waals surface area contributed by atoms with Gasteiger partial charge in [0.1, 0.15) is 6.61 Å². The number of hydrogen-bond donors (Lipinski definition) is 2. The molecule has 1 aromatic carbocycles. The Morgan fingerprint density at radius 3 is 2.61 bits per heavy atom. The van der Waals surface area contributed by atoms with Gasteiger partial charge < -0.3 is 24.8 Å². The van der Waals surface area contributed by atoms with Gasteiger partial charge in [-0.25, -0.2) is 9.18 Å². The van der Waals surface area contributed by atoms with Crippen LogP contribution in [0.5, 0.6) is 5.75 Å². The molecule has 23 heavy (non-hydrogen) atoms. The molecule has 1 aliphatic rings. The number of methoxy groups -OCH3 is 2. The van der Waals surface area contributed by atoms with Crippen LogP contribution in [0.1, 0.15) is 19.3 Å². The molecule has 2 amide bonds. The highest BCUT2D eigenvalue weighted by Gasteiger charge is 2.38. The minimum Gasteiger partial charge on any atom is -0.488 e. The van der Waals surface area contributed by atoms with Gasteiger partial charge in [0.15, 0.2) is 11.6 Å². The van der Waals surface area contributed by atoms with Crippen LogP contribution in [-0.2, 0) is 9.47 Å². The molecule has 0 unspecified atom stereocenters. The molecule has 2 N–H and O–H groups in total. The van der Waals surface area contributed by atoms with Crippen molar-refractivity contribution < 1.29 is 23.4 Å². The van der Waals surface area contributed by atoms with E-state index >= 15 is 0 Å². The number of anilines is 1. The zero-order valence-electron chi connectivity index (χ0n) is 13.5. The van der Waals surface area contributed by atoms with E-state index in [0.717, 1.165) is 19.3 Å². The van der Waals surface area contributed by atoms with Crippen molar-refractivity contribution >= 4 is 11.7 Å².